The Morgan fingerprint density at radius 1 is 0.508 bits per heavy atom. The fraction of sp³-hybridized carbons (Fsp3) is 0.396. The maximum absolute atomic E-state index is 11.7. The molecule has 0 bridgehead atoms. The summed E-state index contributed by atoms with van der Waals surface area (Å²) < 4.78 is 8.63. The first kappa shape index (κ1) is 44.9. The van der Waals surface area contributed by atoms with Crippen LogP contribution in [-0.4, -0.2) is 9.85 Å². The van der Waals surface area contributed by atoms with Crippen LogP contribution in [-0.2, 0) is 23.9 Å². The summed E-state index contributed by atoms with van der Waals surface area (Å²) in [5.41, 5.74) is 12.2. The lowest BCUT2D eigenvalue weighted by atomic mass is 9.84. The van der Waals surface area contributed by atoms with Gasteiger partial charge in [0, 0.05) is 94.0 Å². The number of non-ortho nitro benzene ring substituents is 1. The molecule has 0 spiro atoms. The van der Waals surface area contributed by atoms with Gasteiger partial charge in [0.1, 0.15) is 19.2 Å². The molecular formula is C53H64N6O4+4. The van der Waals surface area contributed by atoms with Crippen LogP contribution in [0.3, 0.4) is 0 Å². The molecule has 2 aliphatic carbocycles. The molecule has 4 aromatic heterocycles. The zero-order chi connectivity index (χ0) is 44.9. The number of nitrogens with zero attached hydrogens (tertiary/aromatic N) is 6. The minimum absolute atomic E-state index is 0.0155. The fourth-order valence-electron chi connectivity index (χ4n) is 9.51. The number of para-hydroxylation sites is 1. The van der Waals surface area contributed by atoms with Gasteiger partial charge in [-0.3, -0.25) is 20.2 Å². The lowest BCUT2D eigenvalue weighted by Crippen LogP contribution is -2.35. The van der Waals surface area contributed by atoms with Crippen molar-refractivity contribution in [2.45, 2.75) is 137 Å². The number of hydrogen-bond acceptors (Lipinski definition) is 4. The summed E-state index contributed by atoms with van der Waals surface area (Å²) in [5, 5.41) is 22.8. The monoisotopic (exact) mass is 848 g/mol. The smallest absolute Gasteiger partial charge is 0.258 e. The van der Waals surface area contributed by atoms with Crippen molar-refractivity contribution in [2.75, 3.05) is 0 Å². The highest BCUT2D eigenvalue weighted by Crippen LogP contribution is 2.48. The van der Waals surface area contributed by atoms with Crippen molar-refractivity contribution in [3.05, 3.63) is 164 Å². The Balaban J connectivity index is 0.000000191. The summed E-state index contributed by atoms with van der Waals surface area (Å²) in [6, 6.07) is 21.1. The Hall–Kier alpha value is -6.16. The Labute approximate surface area is 372 Å². The van der Waals surface area contributed by atoms with Crippen LogP contribution in [0, 0.1) is 27.2 Å². The molecule has 0 saturated heterocycles. The number of aromatic nitrogens is 4. The summed E-state index contributed by atoms with van der Waals surface area (Å²) >= 11 is 0. The third-order valence-electron chi connectivity index (χ3n) is 13.3. The third kappa shape index (κ3) is 9.31. The quantitative estimate of drug-likeness (QED) is 0.0419. The number of aryl methyl sites for hydroxylation is 3. The molecule has 0 fully saturated rings. The van der Waals surface area contributed by atoms with E-state index in [1.807, 2.05) is 12.3 Å². The molecule has 10 nitrogen and oxygen atoms in total. The van der Waals surface area contributed by atoms with E-state index >= 15 is 0 Å². The fourth-order valence-corrected chi connectivity index (χ4v) is 9.51. The molecule has 0 atom stereocenters. The van der Waals surface area contributed by atoms with Gasteiger partial charge in [-0.05, 0) is 42.0 Å². The van der Waals surface area contributed by atoms with Crippen LogP contribution < -0.4 is 18.3 Å². The van der Waals surface area contributed by atoms with Crippen LogP contribution in [0.2, 0.25) is 0 Å². The van der Waals surface area contributed by atoms with Crippen molar-refractivity contribution in [3.63, 3.8) is 0 Å². The van der Waals surface area contributed by atoms with Gasteiger partial charge in [0.2, 0.25) is 5.69 Å². The molecule has 10 heteroatoms. The Kier molecular flexibility index (Phi) is 13.6. The van der Waals surface area contributed by atoms with Crippen molar-refractivity contribution in [2.24, 2.45) is 0 Å². The summed E-state index contributed by atoms with van der Waals surface area (Å²) in [7, 11) is 0. The van der Waals surface area contributed by atoms with Gasteiger partial charge in [-0.1, -0.05) is 98.3 Å². The predicted molar refractivity (Wildman–Crippen MR) is 247 cm³/mol. The topological polar surface area (TPSA) is 102 Å². The first-order valence-electron chi connectivity index (χ1n) is 22.9. The van der Waals surface area contributed by atoms with Gasteiger partial charge in [0.25, 0.3) is 11.4 Å². The van der Waals surface area contributed by atoms with E-state index in [1.54, 1.807) is 10.8 Å². The van der Waals surface area contributed by atoms with E-state index in [9.17, 15) is 20.2 Å². The second kappa shape index (κ2) is 19.1. The zero-order valence-corrected chi connectivity index (χ0v) is 38.3. The molecule has 8 rings (SSSR count). The highest BCUT2D eigenvalue weighted by molar-refractivity contribution is 5.80. The molecule has 0 aliphatic heterocycles. The lowest BCUT2D eigenvalue weighted by molar-refractivity contribution is -0.697. The Morgan fingerprint density at radius 2 is 0.952 bits per heavy atom. The van der Waals surface area contributed by atoms with Crippen molar-refractivity contribution in [1.82, 2.24) is 0 Å². The van der Waals surface area contributed by atoms with Crippen molar-refractivity contribution < 1.29 is 28.1 Å². The van der Waals surface area contributed by atoms with Gasteiger partial charge in [-0.2, -0.15) is 9.13 Å². The minimum Gasteiger partial charge on any atom is -0.258 e. The molecule has 2 aliphatic rings. The third-order valence-corrected chi connectivity index (χ3v) is 13.3. The number of unbranched alkanes of at least 4 members (excludes halogenated alkanes) is 8. The van der Waals surface area contributed by atoms with E-state index in [-0.39, 0.29) is 22.2 Å². The van der Waals surface area contributed by atoms with Gasteiger partial charge in [-0.25, -0.2) is 9.13 Å². The first-order valence-corrected chi connectivity index (χ1v) is 22.9. The molecule has 6 aromatic rings. The van der Waals surface area contributed by atoms with Gasteiger partial charge in [0.05, 0.1) is 9.85 Å². The Morgan fingerprint density at radius 3 is 1.41 bits per heavy atom. The SMILES string of the molecule is CCCCCCC[n+]1ccc2c(c1)C(C)(C)c1c[n+](-c3ccc([N+](=O)[O-])cc3[N+](=O)[O-])ccc1-2.CCCCCCC[n+]1ccc2c(c1)C(C)(C)c1c[n+](-c3ccccc3C)ccc1-2. The molecule has 326 valence electrons. The number of nitro groups is 2. The summed E-state index contributed by atoms with van der Waals surface area (Å²) in [6.45, 7) is 17.8. The summed E-state index contributed by atoms with van der Waals surface area (Å²) in [5.74, 6) is 0. The molecule has 4 heterocycles. The largest absolute Gasteiger partial charge is 0.347 e. The van der Waals surface area contributed by atoms with Gasteiger partial charge < -0.3 is 0 Å². The number of pyridine rings is 4. The molecule has 0 amide bonds. The predicted octanol–water partition coefficient (Wildman–Crippen LogP) is 11.2. The van der Waals surface area contributed by atoms with Crippen molar-refractivity contribution in [1.29, 1.82) is 0 Å². The average Bonchev–Trinajstić information content (AvgIpc) is 3.64. The van der Waals surface area contributed by atoms with Gasteiger partial charge in [0.15, 0.2) is 49.6 Å². The molecule has 63 heavy (non-hydrogen) atoms. The Bertz CT molecular complexity index is 2650. The zero-order valence-electron chi connectivity index (χ0n) is 38.3. The number of benzene rings is 2. The van der Waals surface area contributed by atoms with E-state index in [4.69, 9.17) is 0 Å². The van der Waals surface area contributed by atoms with Crippen molar-refractivity contribution in [3.8, 4) is 33.6 Å². The highest BCUT2D eigenvalue weighted by atomic mass is 16.6. The first-order chi connectivity index (χ1) is 30.3. The summed E-state index contributed by atoms with van der Waals surface area (Å²) in [6.07, 6.45) is 30.1. The van der Waals surface area contributed by atoms with Crippen LogP contribution in [0.4, 0.5) is 11.4 Å². The van der Waals surface area contributed by atoms with E-state index in [0.29, 0.717) is 5.69 Å². The normalized spacial score (nSPS) is 13.6. The molecule has 2 aromatic carbocycles. The lowest BCUT2D eigenvalue weighted by Gasteiger charge is -2.18. The van der Waals surface area contributed by atoms with Crippen LogP contribution in [0.15, 0.2) is 116 Å². The number of nitro benzene ring substituents is 2. The maximum Gasteiger partial charge on any atom is 0.347 e. The number of fused-ring (bicyclic) bond motifs is 6. The van der Waals surface area contributed by atoms with E-state index < -0.39 is 9.85 Å². The molecular weight excluding hydrogens is 785 g/mol. The molecule has 0 radical (unpaired) electrons. The van der Waals surface area contributed by atoms with Gasteiger partial charge in [-0.15, -0.1) is 0 Å². The van der Waals surface area contributed by atoms with Gasteiger partial charge >= 0.3 is 5.69 Å². The molecule has 0 unspecified atom stereocenters. The van der Waals surface area contributed by atoms with Crippen LogP contribution >= 0.6 is 0 Å². The standard InChI is InChI=1S/C27H34N2.C26H30N4O4/c1-5-6-7-8-11-16-28-17-14-22-23-15-18-29(26-13-10-9-12-21(26)2)20-25(23)27(3,4)24(22)19-28;1-4-5-6-7-8-13-27-14-11-20-21-12-15-28(18-23(21)26(2,3)22(20)17-27)24-10-9-19(29(31)32)16-25(24)30(33)34/h9-10,12-15,17-20H,5-8,11,16H2,1-4H3;9-12,14-18H,4-8,13H2,1-3H3/q2*+2. The van der Waals surface area contributed by atoms with Crippen molar-refractivity contribution >= 4 is 11.4 Å². The highest BCUT2D eigenvalue weighted by Gasteiger charge is 2.42. The second-order valence-corrected chi connectivity index (χ2v) is 18.4. The van der Waals surface area contributed by atoms with Crippen LogP contribution in [0.1, 0.15) is 134 Å². The summed E-state index contributed by atoms with van der Waals surface area (Å²) in [4.78, 5) is 21.6. The van der Waals surface area contributed by atoms with E-state index in [2.05, 4.69) is 142 Å². The average molecular weight is 849 g/mol. The van der Waals surface area contributed by atoms with Crippen LogP contribution in [0.5, 0.6) is 0 Å². The van der Waals surface area contributed by atoms with E-state index in [0.717, 1.165) is 36.7 Å². The second-order valence-electron chi connectivity index (χ2n) is 18.4. The maximum atomic E-state index is 11.7. The van der Waals surface area contributed by atoms with E-state index in [1.165, 1.54) is 115 Å². The molecule has 0 saturated carbocycles. The van der Waals surface area contributed by atoms with Crippen LogP contribution in [0.25, 0.3) is 33.6 Å². The minimum atomic E-state index is -0.622. The number of rotatable bonds is 16. The number of hydrogen-bond donors (Lipinski definition) is 0. The molecule has 0 N–H and O–H groups in total.